The molecule has 1 N–H and O–H groups in total. The van der Waals surface area contributed by atoms with E-state index in [0.29, 0.717) is 17.6 Å². The van der Waals surface area contributed by atoms with Crippen molar-refractivity contribution in [1.29, 1.82) is 0 Å². The zero-order chi connectivity index (χ0) is 15.4. The number of nitrogens with one attached hydrogen (secondary N) is 1. The lowest BCUT2D eigenvalue weighted by molar-refractivity contribution is -0.132. The van der Waals surface area contributed by atoms with Crippen LogP contribution in [0, 0.1) is 0 Å². The second kappa shape index (κ2) is 6.43. The lowest BCUT2D eigenvalue weighted by Crippen LogP contribution is -2.45. The van der Waals surface area contributed by atoms with Gasteiger partial charge in [0.15, 0.2) is 0 Å². The van der Waals surface area contributed by atoms with Crippen LogP contribution in [-0.4, -0.2) is 40.4 Å². The monoisotopic (exact) mass is 298 g/mol. The van der Waals surface area contributed by atoms with Crippen molar-refractivity contribution in [2.24, 2.45) is 0 Å². The van der Waals surface area contributed by atoms with Gasteiger partial charge in [0.1, 0.15) is 11.8 Å². The number of ether oxygens (including phenoxy) is 1. The van der Waals surface area contributed by atoms with E-state index in [1.807, 2.05) is 37.4 Å². The molecular formula is C16H18N4O2. The molecule has 1 amide bonds. The summed E-state index contributed by atoms with van der Waals surface area (Å²) in [5, 5.41) is 3.09. The molecule has 22 heavy (non-hydrogen) atoms. The van der Waals surface area contributed by atoms with Gasteiger partial charge in [-0.25, -0.2) is 4.98 Å². The van der Waals surface area contributed by atoms with Crippen molar-refractivity contribution < 1.29 is 9.53 Å². The van der Waals surface area contributed by atoms with Crippen molar-refractivity contribution in [3.05, 3.63) is 42.6 Å². The van der Waals surface area contributed by atoms with Crippen LogP contribution in [0.3, 0.4) is 0 Å². The predicted octanol–water partition coefficient (Wildman–Crippen LogP) is 2.30. The first kappa shape index (κ1) is 14.3. The Bertz CT molecular complexity index is 648. The van der Waals surface area contributed by atoms with E-state index in [1.54, 1.807) is 17.2 Å². The van der Waals surface area contributed by atoms with Gasteiger partial charge < -0.3 is 15.0 Å². The molecule has 1 aromatic heterocycles. The number of benzene rings is 1. The highest BCUT2D eigenvalue weighted by Gasteiger charge is 2.26. The van der Waals surface area contributed by atoms with E-state index in [9.17, 15) is 4.79 Å². The number of hydrogen-bond donors (Lipinski definition) is 1. The molecule has 6 heteroatoms. The van der Waals surface area contributed by atoms with Crippen molar-refractivity contribution in [3.63, 3.8) is 0 Å². The standard InChI is InChI=1S/C16H18N4O2/c1-20-11-5-8-13(15(20)21)18-16-17-10-9-14(19-16)22-12-6-3-2-4-7-12/h2-4,6-7,9-10,13H,5,8,11H2,1H3,(H,17,18,19). The molecule has 0 saturated carbocycles. The number of anilines is 1. The molecule has 1 fully saturated rings. The molecule has 0 bridgehead atoms. The van der Waals surface area contributed by atoms with Crippen molar-refractivity contribution in [1.82, 2.24) is 14.9 Å². The Morgan fingerprint density at radius 1 is 1.27 bits per heavy atom. The third-order valence-corrected chi connectivity index (χ3v) is 3.56. The van der Waals surface area contributed by atoms with Crippen LogP contribution in [0.4, 0.5) is 5.95 Å². The van der Waals surface area contributed by atoms with Crippen molar-refractivity contribution in [3.8, 4) is 11.6 Å². The van der Waals surface area contributed by atoms with E-state index in [0.717, 1.165) is 19.4 Å². The number of likely N-dealkylation sites (tertiary alicyclic amines) is 1. The number of aromatic nitrogens is 2. The van der Waals surface area contributed by atoms with Gasteiger partial charge >= 0.3 is 0 Å². The lowest BCUT2D eigenvalue weighted by atomic mass is 10.1. The number of rotatable bonds is 4. The van der Waals surface area contributed by atoms with Crippen LogP contribution in [0.25, 0.3) is 0 Å². The molecule has 0 spiro atoms. The third-order valence-electron chi connectivity index (χ3n) is 3.56. The Morgan fingerprint density at radius 3 is 2.91 bits per heavy atom. The quantitative estimate of drug-likeness (QED) is 0.938. The molecule has 1 aliphatic rings. The average Bonchev–Trinajstić information content (AvgIpc) is 2.53. The van der Waals surface area contributed by atoms with Gasteiger partial charge in [0.05, 0.1) is 0 Å². The molecule has 1 aromatic carbocycles. The second-order valence-corrected chi connectivity index (χ2v) is 5.23. The fourth-order valence-corrected chi connectivity index (χ4v) is 2.40. The largest absolute Gasteiger partial charge is 0.439 e. The molecule has 6 nitrogen and oxygen atoms in total. The molecule has 1 saturated heterocycles. The molecular weight excluding hydrogens is 280 g/mol. The van der Waals surface area contributed by atoms with Crippen LogP contribution < -0.4 is 10.1 Å². The molecule has 114 valence electrons. The van der Waals surface area contributed by atoms with Crippen LogP contribution in [0.1, 0.15) is 12.8 Å². The molecule has 3 rings (SSSR count). The highest BCUT2D eigenvalue weighted by Crippen LogP contribution is 2.20. The van der Waals surface area contributed by atoms with Crippen molar-refractivity contribution in [2.75, 3.05) is 18.9 Å². The van der Waals surface area contributed by atoms with Crippen LogP contribution in [0.2, 0.25) is 0 Å². The predicted molar refractivity (Wildman–Crippen MR) is 82.8 cm³/mol. The summed E-state index contributed by atoms with van der Waals surface area (Å²) in [6, 6.07) is 10.8. The fraction of sp³-hybridized carbons (Fsp3) is 0.312. The first-order valence-corrected chi connectivity index (χ1v) is 7.30. The van der Waals surface area contributed by atoms with Gasteiger partial charge in [0, 0.05) is 25.9 Å². The first-order valence-electron chi connectivity index (χ1n) is 7.30. The minimum absolute atomic E-state index is 0.0734. The number of carbonyl (C=O) groups is 1. The summed E-state index contributed by atoms with van der Waals surface area (Å²) in [5.41, 5.74) is 0. The number of hydrogen-bond acceptors (Lipinski definition) is 5. The van der Waals surface area contributed by atoms with Gasteiger partial charge in [0.2, 0.25) is 17.7 Å². The van der Waals surface area contributed by atoms with Gasteiger partial charge in [-0.05, 0) is 25.0 Å². The van der Waals surface area contributed by atoms with Gasteiger partial charge in [-0.1, -0.05) is 18.2 Å². The van der Waals surface area contributed by atoms with E-state index >= 15 is 0 Å². The Balaban J connectivity index is 1.70. The summed E-state index contributed by atoms with van der Waals surface area (Å²) in [4.78, 5) is 22.3. The minimum atomic E-state index is -0.272. The number of carbonyl (C=O) groups excluding carboxylic acids is 1. The third kappa shape index (κ3) is 3.33. The SMILES string of the molecule is CN1CCCC(Nc2nccc(Oc3ccccc3)n2)C1=O. The minimum Gasteiger partial charge on any atom is -0.439 e. The maximum atomic E-state index is 12.1. The smallest absolute Gasteiger partial charge is 0.244 e. The summed E-state index contributed by atoms with van der Waals surface area (Å²) in [7, 11) is 1.81. The number of nitrogens with zero attached hydrogens (tertiary/aromatic N) is 3. The number of piperidine rings is 1. The fourth-order valence-electron chi connectivity index (χ4n) is 2.40. The average molecular weight is 298 g/mol. The second-order valence-electron chi connectivity index (χ2n) is 5.23. The summed E-state index contributed by atoms with van der Waals surface area (Å²) >= 11 is 0. The summed E-state index contributed by atoms with van der Waals surface area (Å²) in [5.74, 6) is 1.63. The lowest BCUT2D eigenvalue weighted by Gasteiger charge is -2.29. The summed E-state index contributed by atoms with van der Waals surface area (Å²) < 4.78 is 5.67. The van der Waals surface area contributed by atoms with Crippen molar-refractivity contribution >= 4 is 11.9 Å². The van der Waals surface area contributed by atoms with E-state index in [-0.39, 0.29) is 11.9 Å². The van der Waals surface area contributed by atoms with E-state index < -0.39 is 0 Å². The van der Waals surface area contributed by atoms with Crippen LogP contribution >= 0.6 is 0 Å². The molecule has 1 aliphatic heterocycles. The topological polar surface area (TPSA) is 67.3 Å². The molecule has 0 aliphatic carbocycles. The number of likely N-dealkylation sites (N-methyl/N-ethyl adjacent to an activating group) is 1. The molecule has 1 unspecified atom stereocenters. The normalized spacial score (nSPS) is 18.1. The van der Waals surface area contributed by atoms with E-state index in [1.165, 1.54) is 0 Å². The highest BCUT2D eigenvalue weighted by molar-refractivity contribution is 5.84. The van der Waals surface area contributed by atoms with E-state index in [2.05, 4.69) is 15.3 Å². The molecule has 2 aromatic rings. The zero-order valence-electron chi connectivity index (χ0n) is 12.4. The maximum absolute atomic E-state index is 12.1. The van der Waals surface area contributed by atoms with Gasteiger partial charge in [-0.15, -0.1) is 0 Å². The molecule has 1 atom stereocenters. The Kier molecular flexibility index (Phi) is 4.18. The Hall–Kier alpha value is -2.63. The molecule has 2 heterocycles. The Labute approximate surface area is 129 Å². The highest BCUT2D eigenvalue weighted by atomic mass is 16.5. The van der Waals surface area contributed by atoms with Crippen LogP contribution in [0.5, 0.6) is 11.6 Å². The Morgan fingerprint density at radius 2 is 2.09 bits per heavy atom. The van der Waals surface area contributed by atoms with Crippen LogP contribution in [0.15, 0.2) is 42.6 Å². The van der Waals surface area contributed by atoms with Gasteiger partial charge in [-0.3, -0.25) is 4.79 Å². The maximum Gasteiger partial charge on any atom is 0.244 e. The van der Waals surface area contributed by atoms with Crippen LogP contribution in [-0.2, 0) is 4.79 Å². The summed E-state index contributed by atoms with van der Waals surface area (Å²) in [6.07, 6.45) is 3.38. The first-order chi connectivity index (χ1) is 10.7. The number of para-hydroxylation sites is 1. The van der Waals surface area contributed by atoms with Crippen molar-refractivity contribution in [2.45, 2.75) is 18.9 Å². The zero-order valence-corrected chi connectivity index (χ0v) is 12.4. The van der Waals surface area contributed by atoms with Gasteiger partial charge in [-0.2, -0.15) is 4.98 Å². The number of amides is 1. The molecule has 0 radical (unpaired) electrons. The summed E-state index contributed by atoms with van der Waals surface area (Å²) in [6.45, 7) is 0.801. The van der Waals surface area contributed by atoms with E-state index in [4.69, 9.17) is 4.74 Å². The van der Waals surface area contributed by atoms with Gasteiger partial charge in [0.25, 0.3) is 0 Å².